The van der Waals surface area contributed by atoms with Crippen LogP contribution in [0.5, 0.6) is 0 Å². The van der Waals surface area contributed by atoms with Crippen molar-refractivity contribution < 1.29 is 17.5 Å². The Morgan fingerprint density at radius 1 is 1.37 bits per heavy atom. The van der Waals surface area contributed by atoms with Gasteiger partial charge in [-0.2, -0.15) is 0 Å². The van der Waals surface area contributed by atoms with E-state index in [0.717, 1.165) is 32.1 Å². The predicted molar refractivity (Wildman–Crippen MR) is 69.8 cm³/mol. The van der Waals surface area contributed by atoms with Crippen molar-refractivity contribution in [3.05, 3.63) is 24.0 Å². The highest BCUT2D eigenvalue weighted by atomic mass is 32.2. The number of nitrogens with one attached hydrogen (secondary N) is 1. The minimum Gasteiger partial charge on any atom is -0.382 e. The average Bonchev–Trinajstić information content (AvgIpc) is 2.37. The van der Waals surface area contributed by atoms with Crippen molar-refractivity contribution in [2.45, 2.75) is 17.7 Å². The third-order valence-corrected chi connectivity index (χ3v) is 4.10. The van der Waals surface area contributed by atoms with Crippen LogP contribution in [-0.4, -0.2) is 28.2 Å². The Bertz CT molecular complexity index is 542. The lowest BCUT2D eigenvalue weighted by molar-refractivity contribution is 0.0699. The molecule has 2 rings (SSSR count). The summed E-state index contributed by atoms with van der Waals surface area (Å²) < 4.78 is 41.1. The molecule has 3 N–H and O–H groups in total. The van der Waals surface area contributed by atoms with Gasteiger partial charge in [0.15, 0.2) is 0 Å². The first-order valence-electron chi connectivity index (χ1n) is 6.11. The monoisotopic (exact) mass is 288 g/mol. The summed E-state index contributed by atoms with van der Waals surface area (Å²) in [7, 11) is -3.86. The fourth-order valence-electron chi connectivity index (χ4n) is 2.02. The number of hydrogen-bond acceptors (Lipinski definition) is 4. The molecule has 1 saturated heterocycles. The van der Waals surface area contributed by atoms with Crippen LogP contribution < -0.4 is 10.5 Å². The second-order valence-electron chi connectivity index (χ2n) is 4.62. The van der Waals surface area contributed by atoms with E-state index in [4.69, 9.17) is 9.88 Å². The highest BCUT2D eigenvalue weighted by Gasteiger charge is 2.15. The molecular weight excluding hydrogens is 271 g/mol. The number of benzene rings is 1. The summed E-state index contributed by atoms with van der Waals surface area (Å²) in [5.41, 5.74) is 0.291. The van der Waals surface area contributed by atoms with Crippen molar-refractivity contribution >= 4 is 15.7 Å². The molecule has 0 bridgehead atoms. The van der Waals surface area contributed by atoms with Gasteiger partial charge in [0.25, 0.3) is 0 Å². The summed E-state index contributed by atoms with van der Waals surface area (Å²) >= 11 is 0. The summed E-state index contributed by atoms with van der Waals surface area (Å²) in [4.78, 5) is -0.221. The van der Waals surface area contributed by atoms with Gasteiger partial charge in [0.1, 0.15) is 5.82 Å². The Labute approximate surface area is 112 Å². The molecule has 0 aliphatic carbocycles. The number of hydrogen-bond donors (Lipinski definition) is 2. The Morgan fingerprint density at radius 3 is 2.63 bits per heavy atom. The lowest BCUT2D eigenvalue weighted by atomic mass is 10.0. The van der Waals surface area contributed by atoms with E-state index in [9.17, 15) is 12.8 Å². The van der Waals surface area contributed by atoms with Gasteiger partial charge in [-0.15, -0.1) is 0 Å². The standard InChI is InChI=1S/C12H17FN2O3S/c13-11-7-10(19(14,16)17)1-2-12(11)15-8-9-3-5-18-6-4-9/h1-2,7,9,15H,3-6,8H2,(H2,14,16,17). The maximum atomic E-state index is 13.7. The van der Waals surface area contributed by atoms with Gasteiger partial charge in [-0.3, -0.25) is 0 Å². The van der Waals surface area contributed by atoms with Crippen LogP contribution in [0.15, 0.2) is 23.1 Å². The Balaban J connectivity index is 2.01. The first kappa shape index (κ1) is 14.2. The minimum atomic E-state index is -3.86. The Kier molecular flexibility index (Phi) is 4.38. The van der Waals surface area contributed by atoms with Crippen LogP contribution in [0.1, 0.15) is 12.8 Å². The molecule has 106 valence electrons. The summed E-state index contributed by atoms with van der Waals surface area (Å²) in [6.07, 6.45) is 1.90. The van der Waals surface area contributed by atoms with E-state index in [1.807, 2.05) is 0 Å². The van der Waals surface area contributed by atoms with E-state index in [1.165, 1.54) is 12.1 Å². The molecule has 0 unspecified atom stereocenters. The fourth-order valence-corrected chi connectivity index (χ4v) is 2.55. The third kappa shape index (κ3) is 3.89. The summed E-state index contributed by atoms with van der Waals surface area (Å²) in [6.45, 7) is 2.12. The summed E-state index contributed by atoms with van der Waals surface area (Å²) in [6, 6.07) is 3.63. The van der Waals surface area contributed by atoms with Crippen LogP contribution in [0.2, 0.25) is 0 Å². The lowest BCUT2D eigenvalue weighted by Crippen LogP contribution is -2.23. The smallest absolute Gasteiger partial charge is 0.238 e. The maximum absolute atomic E-state index is 13.7. The SMILES string of the molecule is NS(=O)(=O)c1ccc(NCC2CCOCC2)c(F)c1. The van der Waals surface area contributed by atoms with Gasteiger partial charge in [-0.05, 0) is 37.0 Å². The third-order valence-electron chi connectivity index (χ3n) is 3.19. The van der Waals surface area contributed by atoms with Crippen molar-refractivity contribution in [1.82, 2.24) is 0 Å². The number of sulfonamides is 1. The van der Waals surface area contributed by atoms with Crippen LogP contribution in [-0.2, 0) is 14.8 Å². The van der Waals surface area contributed by atoms with E-state index in [0.29, 0.717) is 18.2 Å². The molecule has 19 heavy (non-hydrogen) atoms. The van der Waals surface area contributed by atoms with E-state index >= 15 is 0 Å². The molecule has 1 aromatic rings. The van der Waals surface area contributed by atoms with Crippen LogP contribution in [0.4, 0.5) is 10.1 Å². The summed E-state index contributed by atoms with van der Waals surface area (Å²) in [5, 5.41) is 7.93. The van der Waals surface area contributed by atoms with Crippen LogP contribution >= 0.6 is 0 Å². The first-order valence-corrected chi connectivity index (χ1v) is 7.65. The van der Waals surface area contributed by atoms with Crippen molar-refractivity contribution in [2.24, 2.45) is 11.1 Å². The maximum Gasteiger partial charge on any atom is 0.238 e. The Hall–Kier alpha value is -1.18. The number of ether oxygens (including phenoxy) is 1. The van der Waals surface area contributed by atoms with E-state index in [-0.39, 0.29) is 4.90 Å². The molecule has 0 radical (unpaired) electrons. The molecule has 0 atom stereocenters. The normalized spacial score (nSPS) is 17.4. The van der Waals surface area contributed by atoms with E-state index in [1.54, 1.807) is 0 Å². The van der Waals surface area contributed by atoms with Gasteiger partial charge in [0.05, 0.1) is 10.6 Å². The predicted octanol–water partition coefficient (Wildman–Crippen LogP) is 1.31. The second-order valence-corrected chi connectivity index (χ2v) is 6.18. The molecule has 0 aromatic heterocycles. The van der Waals surface area contributed by atoms with Crippen LogP contribution in [0, 0.1) is 11.7 Å². The van der Waals surface area contributed by atoms with Crippen LogP contribution in [0.3, 0.4) is 0 Å². The highest BCUT2D eigenvalue weighted by molar-refractivity contribution is 7.89. The molecule has 7 heteroatoms. The number of rotatable bonds is 4. The van der Waals surface area contributed by atoms with Gasteiger partial charge in [-0.1, -0.05) is 0 Å². The zero-order valence-corrected chi connectivity index (χ0v) is 11.2. The molecule has 1 fully saturated rings. The van der Waals surface area contributed by atoms with Gasteiger partial charge in [0, 0.05) is 19.8 Å². The van der Waals surface area contributed by atoms with Gasteiger partial charge in [-0.25, -0.2) is 17.9 Å². The fraction of sp³-hybridized carbons (Fsp3) is 0.500. The van der Waals surface area contributed by atoms with Crippen molar-refractivity contribution in [1.29, 1.82) is 0 Å². The lowest BCUT2D eigenvalue weighted by Gasteiger charge is -2.22. The highest BCUT2D eigenvalue weighted by Crippen LogP contribution is 2.20. The van der Waals surface area contributed by atoms with Crippen LogP contribution in [0.25, 0.3) is 0 Å². The molecule has 1 aliphatic rings. The molecule has 5 nitrogen and oxygen atoms in total. The largest absolute Gasteiger partial charge is 0.382 e. The van der Waals surface area contributed by atoms with Crippen molar-refractivity contribution in [3.63, 3.8) is 0 Å². The molecule has 0 amide bonds. The van der Waals surface area contributed by atoms with Gasteiger partial charge >= 0.3 is 0 Å². The number of anilines is 1. The van der Waals surface area contributed by atoms with Gasteiger partial charge in [0.2, 0.25) is 10.0 Å². The molecule has 1 heterocycles. The van der Waals surface area contributed by atoms with Gasteiger partial charge < -0.3 is 10.1 Å². The number of nitrogens with two attached hydrogens (primary N) is 1. The quantitative estimate of drug-likeness (QED) is 0.875. The molecule has 0 saturated carbocycles. The second kappa shape index (κ2) is 5.85. The molecule has 1 aliphatic heterocycles. The van der Waals surface area contributed by atoms with Crippen molar-refractivity contribution in [2.75, 3.05) is 25.1 Å². The first-order chi connectivity index (χ1) is 8.97. The van der Waals surface area contributed by atoms with E-state index in [2.05, 4.69) is 5.32 Å². The zero-order valence-electron chi connectivity index (χ0n) is 10.4. The van der Waals surface area contributed by atoms with E-state index < -0.39 is 15.8 Å². The zero-order chi connectivity index (χ0) is 13.9. The Morgan fingerprint density at radius 2 is 2.05 bits per heavy atom. The molecule has 1 aromatic carbocycles. The average molecular weight is 288 g/mol. The number of halogens is 1. The molecule has 0 spiro atoms. The molecular formula is C12H17FN2O3S. The summed E-state index contributed by atoms with van der Waals surface area (Å²) in [5.74, 6) is -0.162. The minimum absolute atomic E-state index is 0.221. The van der Waals surface area contributed by atoms with Crippen molar-refractivity contribution in [3.8, 4) is 0 Å². The number of primary sulfonamides is 1. The topological polar surface area (TPSA) is 81.4 Å².